The first-order valence-electron chi connectivity index (χ1n) is 8.13. The quantitative estimate of drug-likeness (QED) is 0.356. The number of aromatic nitrogens is 3. The molecule has 0 spiro atoms. The molecule has 0 bridgehead atoms. The summed E-state index contributed by atoms with van der Waals surface area (Å²) in [6, 6.07) is 10.8. The molecule has 2 aromatic carbocycles. The summed E-state index contributed by atoms with van der Waals surface area (Å²) in [6.07, 6.45) is -3.54. The van der Waals surface area contributed by atoms with E-state index < -0.39 is 17.8 Å². The zero-order valence-electron chi connectivity index (χ0n) is 14.9. The van der Waals surface area contributed by atoms with Crippen LogP contribution in [0.25, 0.3) is 0 Å². The lowest BCUT2D eigenvalue weighted by Crippen LogP contribution is -2.12. The monoisotopic (exact) mass is 426 g/mol. The van der Waals surface area contributed by atoms with Crippen LogP contribution in [0.15, 0.2) is 47.6 Å². The van der Waals surface area contributed by atoms with Crippen molar-refractivity contribution < 1.29 is 27.0 Å². The van der Waals surface area contributed by atoms with Crippen LogP contribution in [0, 0.1) is 10.6 Å². The van der Waals surface area contributed by atoms with E-state index in [9.17, 15) is 17.6 Å². The van der Waals surface area contributed by atoms with Crippen LogP contribution in [0.2, 0.25) is 0 Å². The number of benzene rings is 2. The molecule has 0 unspecified atom stereocenters. The zero-order valence-corrected chi connectivity index (χ0v) is 15.7. The minimum atomic E-state index is -4.72. The van der Waals surface area contributed by atoms with Crippen LogP contribution < -0.4 is 9.47 Å². The van der Waals surface area contributed by atoms with Gasteiger partial charge in [0.05, 0.1) is 13.3 Å². The van der Waals surface area contributed by atoms with Gasteiger partial charge in [0.1, 0.15) is 12.4 Å². The molecule has 6 nitrogen and oxygen atoms in total. The van der Waals surface area contributed by atoms with Crippen LogP contribution in [0.4, 0.5) is 17.6 Å². The molecule has 29 heavy (non-hydrogen) atoms. The van der Waals surface area contributed by atoms with Crippen molar-refractivity contribution in [2.45, 2.75) is 12.8 Å². The number of alkyl halides is 3. The molecule has 0 fully saturated rings. The standard InChI is InChI=1S/C18H14F4N4O2S/c1-27-15-8-11(9-23-26-16(18(20,21)22)24-25-17(26)29)6-7-14(15)28-10-12-4-2-3-5-13(12)19/h2-9H,10H2,1H3,(H,25,29)/b23-9+. The van der Waals surface area contributed by atoms with E-state index in [1.165, 1.54) is 25.5 Å². The van der Waals surface area contributed by atoms with E-state index in [0.29, 0.717) is 27.3 Å². The summed E-state index contributed by atoms with van der Waals surface area (Å²) in [5, 5.41) is 8.93. The molecule has 0 aliphatic carbocycles. The molecule has 11 heteroatoms. The molecule has 0 aliphatic heterocycles. The number of nitrogens with zero attached hydrogens (tertiary/aromatic N) is 3. The Hall–Kier alpha value is -3.21. The molecule has 152 valence electrons. The first-order chi connectivity index (χ1) is 13.8. The third-order valence-corrected chi connectivity index (χ3v) is 4.02. The molecule has 0 saturated carbocycles. The number of H-pyrrole nitrogens is 1. The molecule has 3 rings (SSSR count). The molecule has 1 heterocycles. The maximum Gasteiger partial charge on any atom is 0.453 e. The van der Waals surface area contributed by atoms with Gasteiger partial charge in [0.2, 0.25) is 4.77 Å². The molecule has 0 aliphatic rings. The summed E-state index contributed by atoms with van der Waals surface area (Å²) < 4.78 is 63.5. The summed E-state index contributed by atoms with van der Waals surface area (Å²) in [6.45, 7) is -0.0183. The van der Waals surface area contributed by atoms with Crippen molar-refractivity contribution in [3.63, 3.8) is 0 Å². The Balaban J connectivity index is 1.81. The summed E-state index contributed by atoms with van der Waals surface area (Å²) in [5.41, 5.74) is 0.797. The number of nitrogens with one attached hydrogen (secondary N) is 1. The number of hydrogen-bond acceptors (Lipinski definition) is 5. The van der Waals surface area contributed by atoms with Gasteiger partial charge in [0.25, 0.3) is 5.82 Å². The highest BCUT2D eigenvalue weighted by atomic mass is 32.1. The van der Waals surface area contributed by atoms with E-state index >= 15 is 0 Å². The van der Waals surface area contributed by atoms with Gasteiger partial charge in [-0.25, -0.2) is 9.49 Å². The fourth-order valence-corrected chi connectivity index (χ4v) is 2.54. The second-order valence-corrected chi connectivity index (χ2v) is 6.08. The molecule has 0 radical (unpaired) electrons. The van der Waals surface area contributed by atoms with Crippen molar-refractivity contribution in [3.8, 4) is 11.5 Å². The minimum absolute atomic E-state index is 0.0183. The normalized spacial score (nSPS) is 11.8. The lowest BCUT2D eigenvalue weighted by atomic mass is 10.2. The van der Waals surface area contributed by atoms with E-state index in [2.05, 4.69) is 15.3 Å². The predicted octanol–water partition coefficient (Wildman–Crippen LogP) is 4.57. The lowest BCUT2D eigenvalue weighted by Gasteiger charge is -2.11. The summed E-state index contributed by atoms with van der Waals surface area (Å²) >= 11 is 4.77. The fourth-order valence-electron chi connectivity index (χ4n) is 2.36. The number of halogens is 4. The van der Waals surface area contributed by atoms with Gasteiger partial charge in [-0.15, -0.1) is 5.10 Å². The molecule has 0 amide bonds. The number of rotatable bonds is 6. The highest BCUT2D eigenvalue weighted by Crippen LogP contribution is 2.29. The Kier molecular flexibility index (Phi) is 5.97. The van der Waals surface area contributed by atoms with Crippen LogP contribution >= 0.6 is 12.2 Å². The Morgan fingerprint density at radius 1 is 1.21 bits per heavy atom. The number of ether oxygens (including phenoxy) is 2. The first kappa shape index (κ1) is 20.5. The third-order valence-electron chi connectivity index (χ3n) is 3.75. The van der Waals surface area contributed by atoms with Crippen molar-refractivity contribution in [2.75, 3.05) is 7.11 Å². The number of hydrogen-bond donors (Lipinski definition) is 1. The van der Waals surface area contributed by atoms with E-state index in [1.54, 1.807) is 30.3 Å². The summed E-state index contributed by atoms with van der Waals surface area (Å²) in [7, 11) is 1.40. The van der Waals surface area contributed by atoms with Gasteiger partial charge < -0.3 is 9.47 Å². The smallest absolute Gasteiger partial charge is 0.453 e. The van der Waals surface area contributed by atoms with E-state index in [0.717, 1.165) is 0 Å². The van der Waals surface area contributed by atoms with Crippen molar-refractivity contribution in [1.29, 1.82) is 0 Å². The zero-order chi connectivity index (χ0) is 21.0. The number of aromatic amines is 1. The van der Waals surface area contributed by atoms with Gasteiger partial charge in [-0.3, -0.25) is 0 Å². The van der Waals surface area contributed by atoms with Gasteiger partial charge in [0, 0.05) is 5.56 Å². The maximum absolute atomic E-state index is 13.7. The number of methoxy groups -OCH3 is 1. The van der Waals surface area contributed by atoms with Gasteiger partial charge in [0.15, 0.2) is 11.5 Å². The van der Waals surface area contributed by atoms with E-state index in [-0.39, 0.29) is 11.4 Å². The molecule has 1 N–H and O–H groups in total. The molecule has 1 aromatic heterocycles. The average molecular weight is 426 g/mol. The van der Waals surface area contributed by atoms with E-state index in [1.807, 2.05) is 0 Å². The highest BCUT2D eigenvalue weighted by molar-refractivity contribution is 7.71. The molecule has 0 saturated heterocycles. The van der Waals surface area contributed by atoms with Crippen LogP contribution in [-0.4, -0.2) is 28.2 Å². The van der Waals surface area contributed by atoms with Crippen molar-refractivity contribution in [2.24, 2.45) is 5.10 Å². The van der Waals surface area contributed by atoms with Gasteiger partial charge in [-0.2, -0.15) is 22.9 Å². The molecular weight excluding hydrogens is 412 g/mol. The van der Waals surface area contributed by atoms with Crippen molar-refractivity contribution in [1.82, 2.24) is 14.9 Å². The van der Waals surface area contributed by atoms with Crippen molar-refractivity contribution >= 4 is 18.4 Å². The van der Waals surface area contributed by atoms with Gasteiger partial charge >= 0.3 is 6.18 Å². The molecular formula is C18H14F4N4O2S. The Labute approximate surface area is 167 Å². The van der Waals surface area contributed by atoms with E-state index in [4.69, 9.17) is 21.7 Å². The van der Waals surface area contributed by atoms with Crippen molar-refractivity contribution in [3.05, 3.63) is 70.0 Å². The summed E-state index contributed by atoms with van der Waals surface area (Å²) in [4.78, 5) is 0. The fraction of sp³-hybridized carbons (Fsp3) is 0.167. The second-order valence-electron chi connectivity index (χ2n) is 5.70. The van der Waals surface area contributed by atoms with Crippen LogP contribution in [0.5, 0.6) is 11.5 Å². The van der Waals surface area contributed by atoms with Gasteiger partial charge in [-0.05, 0) is 42.0 Å². The predicted molar refractivity (Wildman–Crippen MR) is 99.1 cm³/mol. The SMILES string of the molecule is COc1cc(/C=N/n2c(C(F)(F)F)n[nH]c2=S)ccc1OCc1ccccc1F. The van der Waals surface area contributed by atoms with Crippen LogP contribution in [0.3, 0.4) is 0 Å². The average Bonchev–Trinajstić information content (AvgIpc) is 3.07. The third kappa shape index (κ3) is 4.80. The Bertz CT molecular complexity index is 1090. The first-order valence-corrected chi connectivity index (χ1v) is 8.53. The van der Waals surface area contributed by atoms with Gasteiger partial charge in [-0.1, -0.05) is 18.2 Å². The maximum atomic E-state index is 13.7. The van der Waals surface area contributed by atoms with Crippen LogP contribution in [0.1, 0.15) is 17.0 Å². The molecule has 0 atom stereocenters. The highest BCUT2D eigenvalue weighted by Gasteiger charge is 2.37. The Morgan fingerprint density at radius 3 is 2.66 bits per heavy atom. The second kappa shape index (κ2) is 8.43. The topological polar surface area (TPSA) is 64.4 Å². The lowest BCUT2D eigenvalue weighted by molar-refractivity contribution is -0.147. The largest absolute Gasteiger partial charge is 0.493 e. The molecule has 3 aromatic rings. The summed E-state index contributed by atoms with van der Waals surface area (Å²) in [5.74, 6) is -1.02. The van der Waals surface area contributed by atoms with Crippen LogP contribution in [-0.2, 0) is 12.8 Å². The Morgan fingerprint density at radius 2 is 1.97 bits per heavy atom. The minimum Gasteiger partial charge on any atom is -0.493 e.